The van der Waals surface area contributed by atoms with Crippen LogP contribution in [0.15, 0.2) is 47.3 Å². The molecule has 3 N–H and O–H groups in total. The first kappa shape index (κ1) is 16.7. The molecule has 1 aliphatic rings. The number of nitrogens with one attached hydrogen (secondary N) is 3. The Kier molecular flexibility index (Phi) is 4.93. The normalized spacial score (nSPS) is 16.1. The minimum Gasteiger partial charge on any atom is -0.486 e. The van der Waals surface area contributed by atoms with Crippen molar-refractivity contribution >= 4 is 11.0 Å². The summed E-state index contributed by atoms with van der Waals surface area (Å²) in [4.78, 5) is 17.0. The second-order valence-electron chi connectivity index (χ2n) is 6.59. The molecular formula is C20H23N3O3. The fourth-order valence-corrected chi connectivity index (χ4v) is 3.26. The van der Waals surface area contributed by atoms with Crippen molar-refractivity contribution in [3.8, 4) is 11.5 Å². The lowest BCUT2D eigenvalue weighted by Gasteiger charge is -2.27. The number of aromatic nitrogens is 2. The molecule has 1 aliphatic heterocycles. The topological polar surface area (TPSA) is 79.1 Å². The molecule has 0 bridgehead atoms. The molecule has 3 aromatic rings. The van der Waals surface area contributed by atoms with Gasteiger partial charge < -0.3 is 24.8 Å². The number of H-pyrrole nitrogens is 2. The van der Waals surface area contributed by atoms with E-state index in [0.717, 1.165) is 37.9 Å². The van der Waals surface area contributed by atoms with Crippen molar-refractivity contribution in [2.45, 2.75) is 25.4 Å². The van der Waals surface area contributed by atoms with Crippen LogP contribution in [-0.4, -0.2) is 35.8 Å². The number of hydrogen-bond donors (Lipinski definition) is 3. The number of rotatable bonds is 7. The van der Waals surface area contributed by atoms with Crippen molar-refractivity contribution in [2.75, 3.05) is 19.7 Å². The highest BCUT2D eigenvalue weighted by Crippen LogP contribution is 2.36. The summed E-state index contributed by atoms with van der Waals surface area (Å²) in [5, 5.41) is 3.44. The van der Waals surface area contributed by atoms with Crippen LogP contribution in [-0.2, 0) is 6.42 Å². The first-order valence-electron chi connectivity index (χ1n) is 9.09. The fraction of sp³-hybridized carbons (Fsp3) is 0.350. The van der Waals surface area contributed by atoms with Crippen LogP contribution in [0.2, 0.25) is 0 Å². The highest BCUT2D eigenvalue weighted by molar-refractivity contribution is 5.84. The summed E-state index contributed by atoms with van der Waals surface area (Å²) in [5.74, 6) is 1.29. The summed E-state index contributed by atoms with van der Waals surface area (Å²) in [6, 6.07) is 14.2. The van der Waals surface area contributed by atoms with Crippen molar-refractivity contribution in [3.63, 3.8) is 0 Å². The molecule has 0 spiro atoms. The maximum atomic E-state index is 11.5. The molecule has 6 nitrogen and oxygen atoms in total. The van der Waals surface area contributed by atoms with Gasteiger partial charge in [0.05, 0.1) is 5.52 Å². The highest BCUT2D eigenvalue weighted by Gasteiger charge is 2.23. The van der Waals surface area contributed by atoms with E-state index in [4.69, 9.17) is 9.47 Å². The SMILES string of the molecule is O=c1[nH]c2ccc3c(c2[nH]1)O[C@@H](CNCCCCc1ccccc1)CO3. The van der Waals surface area contributed by atoms with Crippen LogP contribution in [0.1, 0.15) is 18.4 Å². The van der Waals surface area contributed by atoms with Gasteiger partial charge in [-0.3, -0.25) is 0 Å². The second-order valence-corrected chi connectivity index (χ2v) is 6.59. The van der Waals surface area contributed by atoms with Crippen molar-refractivity contribution in [2.24, 2.45) is 0 Å². The monoisotopic (exact) mass is 353 g/mol. The van der Waals surface area contributed by atoms with E-state index >= 15 is 0 Å². The van der Waals surface area contributed by atoms with E-state index in [-0.39, 0.29) is 11.8 Å². The van der Waals surface area contributed by atoms with Crippen LogP contribution in [0.5, 0.6) is 11.5 Å². The molecule has 4 rings (SSSR count). The van der Waals surface area contributed by atoms with Crippen LogP contribution < -0.4 is 20.5 Å². The van der Waals surface area contributed by atoms with Crippen LogP contribution in [0.4, 0.5) is 0 Å². The standard InChI is InChI=1S/C20H23N3O3/c24-20-22-16-9-10-17-19(18(16)23-20)26-15(13-25-17)12-21-11-5-4-8-14-6-2-1-3-7-14/h1-3,6-7,9-10,15,21H,4-5,8,11-13H2,(H2,22,23,24)/t15-/m0/s1. The van der Waals surface area contributed by atoms with Crippen molar-refractivity contribution < 1.29 is 9.47 Å². The molecule has 0 saturated heterocycles. The van der Waals surface area contributed by atoms with Gasteiger partial charge in [-0.25, -0.2) is 4.79 Å². The van der Waals surface area contributed by atoms with E-state index < -0.39 is 0 Å². The second kappa shape index (κ2) is 7.66. The lowest BCUT2D eigenvalue weighted by Crippen LogP contribution is -2.38. The van der Waals surface area contributed by atoms with Gasteiger partial charge in [0.15, 0.2) is 11.5 Å². The van der Waals surface area contributed by atoms with E-state index in [1.165, 1.54) is 5.56 Å². The van der Waals surface area contributed by atoms with Gasteiger partial charge in [0.1, 0.15) is 18.2 Å². The average molecular weight is 353 g/mol. The van der Waals surface area contributed by atoms with Crippen molar-refractivity contribution in [3.05, 3.63) is 58.5 Å². The summed E-state index contributed by atoms with van der Waals surface area (Å²) in [6.07, 6.45) is 3.32. The molecule has 2 aromatic carbocycles. The molecule has 0 unspecified atom stereocenters. The van der Waals surface area contributed by atoms with Crippen LogP contribution in [0, 0.1) is 0 Å². The van der Waals surface area contributed by atoms with Gasteiger partial charge in [0.25, 0.3) is 0 Å². The Hall–Kier alpha value is -2.73. The van der Waals surface area contributed by atoms with Crippen LogP contribution in [0.25, 0.3) is 11.0 Å². The van der Waals surface area contributed by atoms with Crippen molar-refractivity contribution in [1.82, 2.24) is 15.3 Å². The molecule has 0 aliphatic carbocycles. The molecule has 1 atom stereocenters. The maximum Gasteiger partial charge on any atom is 0.323 e. The lowest BCUT2D eigenvalue weighted by molar-refractivity contribution is 0.0923. The molecule has 0 saturated carbocycles. The van der Waals surface area contributed by atoms with E-state index in [0.29, 0.717) is 23.6 Å². The third-order valence-corrected chi connectivity index (χ3v) is 4.60. The Labute approximate surface area is 151 Å². The van der Waals surface area contributed by atoms with E-state index in [1.54, 1.807) is 0 Å². The van der Waals surface area contributed by atoms with Gasteiger partial charge in [-0.05, 0) is 43.5 Å². The smallest absolute Gasteiger partial charge is 0.323 e. The number of aromatic amines is 2. The summed E-state index contributed by atoms with van der Waals surface area (Å²) in [6.45, 7) is 2.17. The molecule has 2 heterocycles. The molecule has 6 heteroatoms. The summed E-state index contributed by atoms with van der Waals surface area (Å²) < 4.78 is 11.8. The summed E-state index contributed by atoms with van der Waals surface area (Å²) in [5.41, 5.74) is 2.54. The zero-order valence-corrected chi connectivity index (χ0v) is 14.6. The average Bonchev–Trinajstić information content (AvgIpc) is 3.06. The van der Waals surface area contributed by atoms with Crippen LogP contribution >= 0.6 is 0 Å². The van der Waals surface area contributed by atoms with Gasteiger partial charge in [0.2, 0.25) is 0 Å². The molecule has 136 valence electrons. The lowest BCUT2D eigenvalue weighted by atomic mass is 10.1. The van der Waals surface area contributed by atoms with Gasteiger partial charge in [-0.1, -0.05) is 30.3 Å². The Morgan fingerprint density at radius 1 is 1.08 bits per heavy atom. The predicted molar refractivity (Wildman–Crippen MR) is 101 cm³/mol. The Morgan fingerprint density at radius 2 is 1.96 bits per heavy atom. The largest absolute Gasteiger partial charge is 0.486 e. The van der Waals surface area contributed by atoms with Crippen LogP contribution in [0.3, 0.4) is 0 Å². The third kappa shape index (κ3) is 3.75. The summed E-state index contributed by atoms with van der Waals surface area (Å²) >= 11 is 0. The Bertz CT molecular complexity index is 917. The van der Waals surface area contributed by atoms with Crippen molar-refractivity contribution in [1.29, 1.82) is 0 Å². The minimum absolute atomic E-state index is 0.0689. The summed E-state index contributed by atoms with van der Waals surface area (Å²) in [7, 11) is 0. The maximum absolute atomic E-state index is 11.5. The van der Waals surface area contributed by atoms with E-state index in [9.17, 15) is 4.79 Å². The third-order valence-electron chi connectivity index (χ3n) is 4.60. The minimum atomic E-state index is -0.240. The number of ether oxygens (including phenoxy) is 2. The zero-order valence-electron chi connectivity index (χ0n) is 14.6. The molecule has 0 amide bonds. The van der Waals surface area contributed by atoms with E-state index in [2.05, 4.69) is 39.6 Å². The fourth-order valence-electron chi connectivity index (χ4n) is 3.26. The Balaban J connectivity index is 1.24. The number of benzene rings is 2. The number of fused-ring (bicyclic) bond motifs is 3. The molecule has 1 aromatic heterocycles. The van der Waals surface area contributed by atoms with Gasteiger partial charge in [0, 0.05) is 6.54 Å². The first-order chi connectivity index (χ1) is 12.8. The Morgan fingerprint density at radius 3 is 2.85 bits per heavy atom. The van der Waals surface area contributed by atoms with Gasteiger partial charge in [-0.2, -0.15) is 0 Å². The molecule has 0 radical (unpaired) electrons. The number of aryl methyl sites for hydroxylation is 1. The quantitative estimate of drug-likeness (QED) is 0.571. The number of imidazole rings is 1. The number of unbranched alkanes of at least 4 members (excludes halogenated alkanes) is 1. The zero-order chi connectivity index (χ0) is 17.8. The predicted octanol–water partition coefficient (Wildman–Crippen LogP) is 2.61. The van der Waals surface area contributed by atoms with Gasteiger partial charge >= 0.3 is 5.69 Å². The van der Waals surface area contributed by atoms with E-state index in [1.807, 2.05) is 18.2 Å². The molecular weight excluding hydrogens is 330 g/mol. The molecule has 26 heavy (non-hydrogen) atoms. The first-order valence-corrected chi connectivity index (χ1v) is 9.09. The highest BCUT2D eigenvalue weighted by atomic mass is 16.6. The molecule has 0 fully saturated rings. The van der Waals surface area contributed by atoms with Gasteiger partial charge in [-0.15, -0.1) is 0 Å². The number of hydrogen-bond acceptors (Lipinski definition) is 4.